The van der Waals surface area contributed by atoms with Gasteiger partial charge in [-0.2, -0.15) is 4.31 Å². The Morgan fingerprint density at radius 3 is 2.42 bits per heavy atom. The zero-order valence-corrected chi connectivity index (χ0v) is 19.6. The van der Waals surface area contributed by atoms with Crippen molar-refractivity contribution in [3.8, 4) is 0 Å². The van der Waals surface area contributed by atoms with Crippen molar-refractivity contribution in [1.82, 2.24) is 14.5 Å². The Morgan fingerprint density at radius 2 is 1.77 bits per heavy atom. The van der Waals surface area contributed by atoms with Crippen molar-refractivity contribution in [1.29, 1.82) is 0 Å². The Labute approximate surface area is 193 Å². The fraction of sp³-hybridized carbons (Fsp3) is 0.600. The van der Waals surface area contributed by atoms with Gasteiger partial charge in [0, 0.05) is 32.1 Å². The third-order valence-electron chi connectivity index (χ3n) is 5.76. The van der Waals surface area contributed by atoms with Crippen LogP contribution in [-0.2, 0) is 19.6 Å². The van der Waals surface area contributed by atoms with Crippen molar-refractivity contribution in [2.45, 2.75) is 49.6 Å². The van der Waals surface area contributed by atoms with Crippen molar-refractivity contribution in [2.24, 2.45) is 11.7 Å². The Bertz CT molecular complexity index is 922. The van der Waals surface area contributed by atoms with Crippen LogP contribution in [0.2, 0.25) is 10.0 Å². The van der Waals surface area contributed by atoms with E-state index in [-0.39, 0.29) is 46.4 Å². The molecule has 0 spiro atoms. The lowest BCUT2D eigenvalue weighted by molar-refractivity contribution is -0.151. The highest BCUT2D eigenvalue weighted by atomic mass is 35.5. The molecule has 2 fully saturated rings. The molecule has 2 aliphatic rings. The summed E-state index contributed by atoms with van der Waals surface area (Å²) in [5, 5.41) is 2.98. The quantitative estimate of drug-likeness (QED) is 0.634. The first kappa shape index (κ1) is 24.3. The SMILES string of the molecule is NCCNC(=O)C1N(C(=O)C2CCCCC2)CCCN1S(=O)(=O)c1ccc(Cl)c(Cl)c1. The maximum Gasteiger partial charge on any atom is 0.259 e. The van der Waals surface area contributed by atoms with Crippen LogP contribution in [0.3, 0.4) is 0 Å². The predicted molar refractivity (Wildman–Crippen MR) is 119 cm³/mol. The lowest BCUT2D eigenvalue weighted by Crippen LogP contribution is -2.64. The van der Waals surface area contributed by atoms with E-state index in [2.05, 4.69) is 5.32 Å². The summed E-state index contributed by atoms with van der Waals surface area (Å²) in [6.07, 6.45) is 3.67. The van der Waals surface area contributed by atoms with Crippen LogP contribution in [0.25, 0.3) is 0 Å². The standard InChI is InChI=1S/C20H28Cl2N4O4S/c21-16-8-7-15(13-17(16)22)31(29,30)26-12-4-11-25(19(26)18(27)24-10-9-23)20(28)14-5-2-1-3-6-14/h7-8,13-14,19H,1-6,9-12,23H2,(H,24,27). The van der Waals surface area contributed by atoms with Gasteiger partial charge in [0.05, 0.1) is 14.9 Å². The number of carbonyl (C=O) groups is 2. The molecule has 172 valence electrons. The summed E-state index contributed by atoms with van der Waals surface area (Å²) >= 11 is 12.0. The number of halogens is 2. The smallest absolute Gasteiger partial charge is 0.259 e. The fourth-order valence-corrected chi connectivity index (χ4v) is 6.18. The molecule has 2 amide bonds. The average molecular weight is 491 g/mol. The van der Waals surface area contributed by atoms with Gasteiger partial charge in [-0.3, -0.25) is 9.59 Å². The van der Waals surface area contributed by atoms with Crippen LogP contribution >= 0.6 is 23.2 Å². The van der Waals surface area contributed by atoms with Crippen LogP contribution in [0.1, 0.15) is 38.5 Å². The normalized spacial score (nSPS) is 21.1. The minimum atomic E-state index is -4.11. The first-order valence-electron chi connectivity index (χ1n) is 10.5. The maximum absolute atomic E-state index is 13.5. The van der Waals surface area contributed by atoms with E-state index in [9.17, 15) is 18.0 Å². The third kappa shape index (κ3) is 5.34. The van der Waals surface area contributed by atoms with E-state index in [0.29, 0.717) is 13.0 Å². The molecule has 1 saturated carbocycles. The Balaban J connectivity index is 1.97. The van der Waals surface area contributed by atoms with Gasteiger partial charge in [-0.15, -0.1) is 0 Å². The summed E-state index contributed by atoms with van der Waals surface area (Å²) in [7, 11) is -4.11. The molecule has 1 aliphatic carbocycles. The summed E-state index contributed by atoms with van der Waals surface area (Å²) < 4.78 is 28.0. The molecule has 1 unspecified atom stereocenters. The molecule has 8 nitrogen and oxygen atoms in total. The average Bonchev–Trinajstić information content (AvgIpc) is 2.78. The van der Waals surface area contributed by atoms with Crippen LogP contribution in [0.4, 0.5) is 0 Å². The number of nitrogens with zero attached hydrogens (tertiary/aromatic N) is 2. The van der Waals surface area contributed by atoms with Gasteiger partial charge >= 0.3 is 0 Å². The highest BCUT2D eigenvalue weighted by Gasteiger charge is 2.45. The number of hydrogen-bond acceptors (Lipinski definition) is 5. The number of benzene rings is 1. The summed E-state index contributed by atoms with van der Waals surface area (Å²) in [6, 6.07) is 4.01. The number of hydrogen-bond donors (Lipinski definition) is 2. The molecule has 3 N–H and O–H groups in total. The van der Waals surface area contributed by atoms with Crippen LogP contribution in [0.15, 0.2) is 23.1 Å². The van der Waals surface area contributed by atoms with Crippen molar-refractivity contribution < 1.29 is 18.0 Å². The summed E-state index contributed by atoms with van der Waals surface area (Å²) in [4.78, 5) is 27.7. The molecule has 0 bridgehead atoms. The van der Waals surface area contributed by atoms with Gasteiger partial charge in [0.1, 0.15) is 0 Å². The topological polar surface area (TPSA) is 113 Å². The number of carbonyl (C=O) groups excluding carboxylic acids is 2. The highest BCUT2D eigenvalue weighted by Crippen LogP contribution is 2.32. The van der Waals surface area contributed by atoms with Gasteiger partial charge in [0.25, 0.3) is 5.91 Å². The monoisotopic (exact) mass is 490 g/mol. The molecule has 1 aromatic rings. The third-order valence-corrected chi connectivity index (χ3v) is 8.35. The van der Waals surface area contributed by atoms with Crippen LogP contribution in [-0.4, -0.2) is 61.8 Å². The molecule has 0 aromatic heterocycles. The molecule has 1 heterocycles. The van der Waals surface area contributed by atoms with Gasteiger partial charge in [0.15, 0.2) is 6.17 Å². The molecular formula is C20H28Cl2N4O4S. The van der Waals surface area contributed by atoms with E-state index in [0.717, 1.165) is 36.4 Å². The van der Waals surface area contributed by atoms with Crippen LogP contribution in [0, 0.1) is 5.92 Å². The molecular weight excluding hydrogens is 463 g/mol. The zero-order chi connectivity index (χ0) is 22.6. The summed E-state index contributed by atoms with van der Waals surface area (Å²) in [5.41, 5.74) is 5.51. The van der Waals surface area contributed by atoms with E-state index in [1.165, 1.54) is 23.1 Å². The first-order chi connectivity index (χ1) is 14.8. The number of nitrogens with two attached hydrogens (primary N) is 1. The Morgan fingerprint density at radius 1 is 1.06 bits per heavy atom. The lowest BCUT2D eigenvalue weighted by Gasteiger charge is -2.43. The minimum Gasteiger partial charge on any atom is -0.352 e. The Hall–Kier alpha value is -1.39. The molecule has 0 radical (unpaired) electrons. The van der Waals surface area contributed by atoms with Gasteiger partial charge in [-0.05, 0) is 37.5 Å². The van der Waals surface area contributed by atoms with Crippen LogP contribution < -0.4 is 11.1 Å². The number of rotatable bonds is 6. The first-order valence-corrected chi connectivity index (χ1v) is 12.7. The van der Waals surface area contributed by atoms with Crippen molar-refractivity contribution >= 4 is 45.0 Å². The van der Waals surface area contributed by atoms with Gasteiger partial charge in [0.2, 0.25) is 15.9 Å². The predicted octanol–water partition coefficient (Wildman–Crippen LogP) is 2.20. The van der Waals surface area contributed by atoms with E-state index in [1.807, 2.05) is 0 Å². The van der Waals surface area contributed by atoms with Crippen molar-refractivity contribution in [3.05, 3.63) is 28.2 Å². The van der Waals surface area contributed by atoms with E-state index < -0.39 is 22.1 Å². The molecule has 1 saturated heterocycles. The Kier molecular flexibility index (Phi) is 8.20. The van der Waals surface area contributed by atoms with Crippen molar-refractivity contribution in [2.75, 3.05) is 26.2 Å². The molecule has 11 heteroatoms. The van der Waals surface area contributed by atoms with Crippen LogP contribution in [0.5, 0.6) is 0 Å². The molecule has 31 heavy (non-hydrogen) atoms. The molecule has 1 aliphatic heterocycles. The maximum atomic E-state index is 13.5. The number of nitrogens with one attached hydrogen (secondary N) is 1. The van der Waals surface area contributed by atoms with E-state index in [1.54, 1.807) is 0 Å². The molecule has 1 atom stereocenters. The second kappa shape index (κ2) is 10.5. The van der Waals surface area contributed by atoms with E-state index >= 15 is 0 Å². The van der Waals surface area contributed by atoms with Crippen molar-refractivity contribution in [3.63, 3.8) is 0 Å². The minimum absolute atomic E-state index is 0.0782. The van der Waals surface area contributed by atoms with Gasteiger partial charge < -0.3 is 16.0 Å². The van der Waals surface area contributed by atoms with Gasteiger partial charge in [-0.25, -0.2) is 8.42 Å². The second-order valence-electron chi connectivity index (χ2n) is 7.87. The lowest BCUT2D eigenvalue weighted by atomic mass is 9.88. The largest absolute Gasteiger partial charge is 0.352 e. The fourth-order valence-electron chi connectivity index (χ4n) is 4.19. The number of amides is 2. The zero-order valence-electron chi connectivity index (χ0n) is 17.2. The van der Waals surface area contributed by atoms with Gasteiger partial charge in [-0.1, -0.05) is 42.5 Å². The molecule has 1 aromatic carbocycles. The highest BCUT2D eigenvalue weighted by molar-refractivity contribution is 7.89. The number of sulfonamides is 1. The summed E-state index contributed by atoms with van der Waals surface area (Å²) in [6.45, 7) is 0.817. The second-order valence-corrected chi connectivity index (χ2v) is 10.6. The molecule has 3 rings (SSSR count). The van der Waals surface area contributed by atoms with E-state index in [4.69, 9.17) is 28.9 Å². The summed E-state index contributed by atoms with van der Waals surface area (Å²) in [5.74, 6) is -0.911.